The number of hydrogen-bond donors (Lipinski definition) is 0. The van der Waals surface area contributed by atoms with Gasteiger partial charge >= 0.3 is 0 Å². The maximum absolute atomic E-state index is 2.33. The molecule has 0 aromatic heterocycles. The normalized spacial score (nSPS) is 11.7. The minimum atomic E-state index is -0.120. The van der Waals surface area contributed by atoms with Crippen LogP contribution in [0.1, 0.15) is 171 Å². The van der Waals surface area contributed by atoms with Crippen molar-refractivity contribution in [3.05, 3.63) is 449 Å². The van der Waals surface area contributed by atoms with Crippen LogP contribution in [-0.2, 0) is 81.5 Å². The van der Waals surface area contributed by atoms with Gasteiger partial charge in [0, 0.05) is 5.56 Å². The molecule has 0 aliphatic rings. The molecule has 5 heteroatoms. The first-order valence-electron chi connectivity index (χ1n) is 42.9. The van der Waals surface area contributed by atoms with Crippen molar-refractivity contribution in [2.24, 2.45) is 0 Å². The maximum Gasteiger partial charge on any atom is 0.169 e. The van der Waals surface area contributed by atoms with Crippen molar-refractivity contribution in [2.75, 3.05) is 0 Å². The summed E-state index contributed by atoms with van der Waals surface area (Å²) in [5.41, 5.74) is 17.0. The zero-order valence-corrected chi connectivity index (χ0v) is 80.5. The molecule has 0 nitrogen and oxygen atoms in total. The van der Waals surface area contributed by atoms with E-state index in [4.69, 9.17) is 0 Å². The predicted octanol–water partition coefficient (Wildman–Crippen LogP) is 32.6. The topological polar surface area (TPSA) is 0 Å². The Morgan fingerprint density at radius 3 is 0.434 bits per heavy atom. The van der Waals surface area contributed by atoms with E-state index >= 15 is 0 Å². The largest absolute Gasteiger partial charge is 0.169 e. The van der Waals surface area contributed by atoms with Crippen LogP contribution in [0.5, 0.6) is 0 Å². The highest BCUT2D eigenvalue weighted by molar-refractivity contribution is 7.98. The van der Waals surface area contributed by atoms with E-state index in [0.29, 0.717) is 0 Å². The molecule has 0 atom stereocenters. The van der Waals surface area contributed by atoms with Gasteiger partial charge in [-0.2, -0.15) is 0 Å². The van der Waals surface area contributed by atoms with E-state index in [1.807, 2.05) is 0 Å². The fourth-order valence-electron chi connectivity index (χ4n) is 14.1. The van der Waals surface area contributed by atoms with Crippen molar-refractivity contribution in [1.29, 1.82) is 0 Å². The summed E-state index contributed by atoms with van der Waals surface area (Å²) in [6.45, 7) is 49.1. The number of rotatable bonds is 15. The van der Waals surface area contributed by atoms with Gasteiger partial charge in [0.15, 0.2) is 73.4 Å². The molecule has 0 saturated heterocycles. The van der Waals surface area contributed by atoms with Gasteiger partial charge < -0.3 is 0 Å². The lowest BCUT2D eigenvalue weighted by molar-refractivity contribution is 0.589. The Morgan fingerprint density at radius 2 is 0.279 bits per heavy atom. The minimum absolute atomic E-state index is 0.0312. The van der Waals surface area contributed by atoms with E-state index in [9.17, 15) is 0 Å². The highest BCUT2D eigenvalue weighted by Crippen LogP contribution is 2.41. The van der Waals surface area contributed by atoms with Gasteiger partial charge in [0.25, 0.3) is 0 Å². The second kappa shape index (κ2) is 42.0. The zero-order valence-electron chi connectivity index (χ0n) is 76.4. The van der Waals surface area contributed by atoms with Crippen LogP contribution in [0, 0.1) is 48.5 Å². The zero-order chi connectivity index (χ0) is 87.5. The summed E-state index contributed by atoms with van der Waals surface area (Å²) < 4.78 is 0. The third-order valence-electron chi connectivity index (χ3n) is 21.5. The van der Waals surface area contributed by atoms with Crippen LogP contribution < -0.4 is 0 Å². The summed E-state index contributed by atoms with van der Waals surface area (Å²) in [5, 5.41) is 0. The van der Waals surface area contributed by atoms with Crippen LogP contribution in [0.2, 0.25) is 0 Å². The van der Waals surface area contributed by atoms with Crippen LogP contribution in [0.15, 0.2) is 456 Å². The van der Waals surface area contributed by atoms with Crippen LogP contribution in [-0.4, -0.2) is 0 Å². The van der Waals surface area contributed by atoms with E-state index in [0.717, 1.165) is 0 Å². The van der Waals surface area contributed by atoms with Gasteiger partial charge in [0.05, 0.1) is 54.5 Å². The fraction of sp³-hybridized carbons (Fsp3) is 0.231. The molecule has 122 heavy (non-hydrogen) atoms. The average Bonchev–Trinajstić information content (AvgIpc) is 0.805. The Bertz CT molecular complexity index is 5290. The second-order valence-corrected chi connectivity index (χ2v) is 47.1. The Morgan fingerprint density at radius 1 is 0.139 bits per heavy atom. The molecule has 0 aliphatic carbocycles. The number of aryl methyl sites for hydroxylation is 7. The van der Waals surface area contributed by atoms with Crippen molar-refractivity contribution in [1.82, 2.24) is 0 Å². The molecule has 15 aromatic carbocycles. The first-order valence-corrected chi connectivity index (χ1v) is 49.0. The van der Waals surface area contributed by atoms with E-state index in [1.54, 1.807) is 0 Å². The third kappa shape index (κ3) is 25.8. The van der Waals surface area contributed by atoms with Gasteiger partial charge in [-0.15, -0.1) is 0 Å². The molecule has 0 aliphatic heterocycles. The third-order valence-corrected chi connectivity index (χ3v) is 32.8. The SMILES string of the molecule is CC(C)(C)c1ccc([S+](c2ccc(C(C)(C)C)cc2)c2ccc(C(C)(C)C)cc2)cc1.CC(C)(C)c1ccc([S+](c2ccccc2)c2ccc(C(C)(C)C)cc2)cc1.Cc1ccc([S+](c2ccc(C)cc2)c2ccc(C)cc2)cc1.Cc1ccc([S+](c2ccccc2)c2ccc(C)cc2)cc1.Cc1ccc([S+](c2ccccc2)c2ccccc2)c(C)c1. The Balaban J connectivity index is 0.000000150. The van der Waals surface area contributed by atoms with E-state index in [2.05, 4.69) is 535 Å². The first-order chi connectivity index (χ1) is 58.0. The molecule has 0 spiro atoms. The molecule has 15 aromatic rings. The predicted molar refractivity (Wildman–Crippen MR) is 534 cm³/mol. The van der Waals surface area contributed by atoms with Gasteiger partial charge in [0.2, 0.25) is 0 Å². The Kier molecular flexibility index (Phi) is 31.9. The summed E-state index contributed by atoms with van der Waals surface area (Å²) in [6, 6.07) is 141. The monoisotopic (exact) mass is 1690 g/mol. The maximum atomic E-state index is 2.33. The summed E-state index contributed by atoms with van der Waals surface area (Å²) >= 11 is 0. The molecule has 0 bridgehead atoms. The van der Waals surface area contributed by atoms with Crippen molar-refractivity contribution < 1.29 is 0 Å². The summed E-state index contributed by atoms with van der Waals surface area (Å²) in [7, 11) is -0.310. The highest BCUT2D eigenvalue weighted by atomic mass is 32.2. The van der Waals surface area contributed by atoms with Crippen molar-refractivity contribution in [3.63, 3.8) is 0 Å². The number of hydrogen-bond acceptors (Lipinski definition) is 0. The Hall–Kier alpha value is -9.95. The van der Waals surface area contributed by atoms with Crippen LogP contribution in [0.25, 0.3) is 0 Å². The molecule has 0 radical (unpaired) electrons. The molecular weight excluding hydrogens is 1570 g/mol. The molecule has 0 amide bonds. The average molecular weight is 1700 g/mol. The lowest BCUT2D eigenvalue weighted by Crippen LogP contribution is -2.13. The van der Waals surface area contributed by atoms with Crippen molar-refractivity contribution in [3.8, 4) is 0 Å². The van der Waals surface area contributed by atoms with Gasteiger partial charge in [-0.05, 0) is 279 Å². The van der Waals surface area contributed by atoms with Crippen molar-refractivity contribution in [2.45, 2.75) is 253 Å². The van der Waals surface area contributed by atoms with Crippen LogP contribution in [0.3, 0.4) is 0 Å². The van der Waals surface area contributed by atoms with Gasteiger partial charge in [-0.1, -0.05) is 343 Å². The molecule has 0 heterocycles. The smallest absolute Gasteiger partial charge is 0.0619 e. The van der Waals surface area contributed by atoms with Crippen LogP contribution >= 0.6 is 0 Å². The molecule has 0 unspecified atom stereocenters. The highest BCUT2D eigenvalue weighted by Gasteiger charge is 2.35. The summed E-state index contributed by atoms with van der Waals surface area (Å²) in [5.74, 6) is 0. The lowest BCUT2D eigenvalue weighted by atomic mass is 9.87. The quantitative estimate of drug-likeness (QED) is 0.0898. The van der Waals surface area contributed by atoms with E-state index < -0.39 is 0 Å². The van der Waals surface area contributed by atoms with Gasteiger partial charge in [-0.25, -0.2) is 0 Å². The fourth-order valence-corrected chi connectivity index (χ4v) is 24.5. The minimum Gasteiger partial charge on any atom is -0.0619 e. The Labute approximate surface area is 750 Å². The lowest BCUT2D eigenvalue weighted by Gasteiger charge is -2.21. The van der Waals surface area contributed by atoms with Gasteiger partial charge in [-0.3, -0.25) is 0 Å². The first kappa shape index (κ1) is 92.8. The number of benzene rings is 15. The molecule has 0 fully saturated rings. The molecule has 15 rings (SSSR count). The van der Waals surface area contributed by atoms with Gasteiger partial charge in [0.1, 0.15) is 0 Å². The van der Waals surface area contributed by atoms with E-state index in [1.165, 1.54) is 140 Å². The molecular formula is C117H129S5+5. The van der Waals surface area contributed by atoms with Crippen LogP contribution in [0.4, 0.5) is 0 Å². The summed E-state index contributed by atoms with van der Waals surface area (Å²) in [4.78, 5) is 20.6. The van der Waals surface area contributed by atoms with Crippen molar-refractivity contribution >= 4 is 54.5 Å². The molecule has 622 valence electrons. The standard InChI is InChI=1S/C30H39S.C26H31S.C21H21S.2C20H19S/c1-28(2,3)22-10-16-25(17-11-22)31(26-18-12-23(13-19-26)29(4,5)6)27-20-14-24(15-21-27)30(7,8)9;1-25(2,3)20-12-16-23(17-13-20)27(22-10-8-7-9-11-22)24-18-14-21(15-19-24)26(4,5)6;1-16-4-10-19(11-5-16)22(20-12-6-17(2)7-13-20)21-14-8-18(3)9-15-21;1-16-13-14-20(17(2)15-16)21(18-9-5-3-6-10-18)19-11-7-4-8-12-19;1-16-8-12-19(13-9-16)21(18-6-4-3-5-7-18)20-14-10-17(2)11-15-20/h10-21H,1-9H3;7-19H,1-6H3;4-15H,1-3H3;2*3-15H,1-2H3/q5*+1. The molecule has 0 N–H and O–H groups in total. The summed E-state index contributed by atoms with van der Waals surface area (Å²) in [6.07, 6.45) is 0. The molecule has 0 saturated carbocycles. The van der Waals surface area contributed by atoms with E-state index in [-0.39, 0.29) is 81.5 Å². The second-order valence-electron chi connectivity index (χ2n) is 37.0.